The van der Waals surface area contributed by atoms with Gasteiger partial charge in [0, 0.05) is 18.4 Å². The molecule has 2 aromatic rings. The fourth-order valence-corrected chi connectivity index (χ4v) is 2.10. The van der Waals surface area contributed by atoms with Crippen molar-refractivity contribution < 1.29 is 4.39 Å². The number of nitrogens with zero attached hydrogens (tertiary/aromatic N) is 1. The van der Waals surface area contributed by atoms with E-state index < -0.39 is 0 Å². The summed E-state index contributed by atoms with van der Waals surface area (Å²) in [6.07, 6.45) is 3.99. The molecule has 2 nitrogen and oxygen atoms in total. The Bertz CT molecular complexity index is 502. The molecule has 0 aliphatic carbocycles. The molecule has 0 amide bonds. The Morgan fingerprint density at radius 3 is 2.65 bits per heavy atom. The molecule has 1 unspecified atom stereocenters. The highest BCUT2D eigenvalue weighted by atomic mass is 79.9. The molecule has 1 aromatic carbocycles. The number of rotatable bonds is 3. The second-order valence-corrected chi connectivity index (χ2v) is 4.60. The van der Waals surface area contributed by atoms with Gasteiger partial charge in [-0.3, -0.25) is 4.98 Å². The summed E-state index contributed by atoms with van der Waals surface area (Å²) in [7, 11) is 0. The van der Waals surface area contributed by atoms with Crippen molar-refractivity contribution in [3.05, 3.63) is 64.1 Å². The summed E-state index contributed by atoms with van der Waals surface area (Å²) in [5.41, 5.74) is 7.94. The van der Waals surface area contributed by atoms with Crippen LogP contribution >= 0.6 is 15.9 Å². The van der Waals surface area contributed by atoms with E-state index in [1.54, 1.807) is 18.5 Å². The van der Waals surface area contributed by atoms with Crippen molar-refractivity contribution in [1.29, 1.82) is 0 Å². The zero-order valence-corrected chi connectivity index (χ0v) is 10.7. The topological polar surface area (TPSA) is 38.9 Å². The molecule has 2 rings (SSSR count). The van der Waals surface area contributed by atoms with Crippen LogP contribution in [-0.2, 0) is 6.42 Å². The van der Waals surface area contributed by atoms with E-state index >= 15 is 0 Å². The highest BCUT2D eigenvalue weighted by Gasteiger charge is 2.11. The molecule has 0 spiro atoms. The molecule has 0 saturated heterocycles. The molecule has 0 fully saturated rings. The smallest absolute Gasteiger partial charge is 0.137 e. The average molecular weight is 295 g/mol. The molecule has 1 atom stereocenters. The Morgan fingerprint density at radius 1 is 1.24 bits per heavy atom. The second-order valence-electron chi connectivity index (χ2n) is 3.80. The predicted octanol–water partition coefficient (Wildman–Crippen LogP) is 3.23. The first-order chi connectivity index (χ1) is 8.18. The average Bonchev–Trinajstić information content (AvgIpc) is 2.36. The van der Waals surface area contributed by atoms with Crippen LogP contribution in [-0.4, -0.2) is 4.98 Å². The van der Waals surface area contributed by atoms with E-state index in [1.807, 2.05) is 18.2 Å². The maximum Gasteiger partial charge on any atom is 0.137 e. The van der Waals surface area contributed by atoms with Gasteiger partial charge in [-0.2, -0.15) is 0 Å². The number of halogens is 2. The summed E-state index contributed by atoms with van der Waals surface area (Å²) in [5.74, 6) is -0.260. The van der Waals surface area contributed by atoms with Gasteiger partial charge >= 0.3 is 0 Å². The Balaban J connectivity index is 2.19. The van der Waals surface area contributed by atoms with Crippen LogP contribution in [0.5, 0.6) is 0 Å². The van der Waals surface area contributed by atoms with E-state index in [0.717, 1.165) is 11.1 Å². The summed E-state index contributed by atoms with van der Waals surface area (Å²) in [6.45, 7) is 0. The van der Waals surface area contributed by atoms with Crippen LogP contribution in [0.1, 0.15) is 17.2 Å². The fourth-order valence-electron chi connectivity index (χ4n) is 1.67. The first kappa shape index (κ1) is 12.2. The minimum Gasteiger partial charge on any atom is -0.324 e. The van der Waals surface area contributed by atoms with Crippen molar-refractivity contribution in [3.8, 4) is 0 Å². The van der Waals surface area contributed by atoms with Crippen LogP contribution in [0.25, 0.3) is 0 Å². The zero-order valence-electron chi connectivity index (χ0n) is 9.11. The van der Waals surface area contributed by atoms with Crippen molar-refractivity contribution >= 4 is 15.9 Å². The molecular formula is C13H12BrFN2. The molecule has 88 valence electrons. The third-order valence-corrected chi connectivity index (χ3v) is 3.49. The monoisotopic (exact) mass is 294 g/mol. The summed E-state index contributed by atoms with van der Waals surface area (Å²) >= 11 is 3.24. The van der Waals surface area contributed by atoms with E-state index in [1.165, 1.54) is 6.07 Å². The van der Waals surface area contributed by atoms with Crippen molar-refractivity contribution in [3.63, 3.8) is 0 Å². The number of hydrogen-bond acceptors (Lipinski definition) is 2. The highest BCUT2D eigenvalue weighted by molar-refractivity contribution is 9.10. The normalized spacial score (nSPS) is 12.4. The summed E-state index contributed by atoms with van der Waals surface area (Å²) < 4.78 is 13.8. The van der Waals surface area contributed by atoms with Crippen LogP contribution < -0.4 is 5.73 Å². The summed E-state index contributed by atoms with van der Waals surface area (Å²) in [6, 6.07) is 8.57. The lowest BCUT2D eigenvalue weighted by Gasteiger charge is -2.13. The van der Waals surface area contributed by atoms with E-state index in [0.29, 0.717) is 10.9 Å². The molecule has 4 heteroatoms. The summed E-state index contributed by atoms with van der Waals surface area (Å²) in [4.78, 5) is 3.94. The van der Waals surface area contributed by atoms with E-state index in [4.69, 9.17) is 5.73 Å². The lowest BCUT2D eigenvalue weighted by Crippen LogP contribution is -2.13. The van der Waals surface area contributed by atoms with Gasteiger partial charge in [0.05, 0.1) is 4.47 Å². The van der Waals surface area contributed by atoms with Crippen LogP contribution in [0.4, 0.5) is 4.39 Å². The molecule has 0 radical (unpaired) electrons. The minimum absolute atomic E-state index is 0.156. The maximum absolute atomic E-state index is 13.3. The first-order valence-electron chi connectivity index (χ1n) is 5.27. The van der Waals surface area contributed by atoms with Crippen molar-refractivity contribution in [2.24, 2.45) is 5.73 Å². The zero-order chi connectivity index (χ0) is 12.3. The number of hydrogen-bond donors (Lipinski definition) is 1. The molecular weight excluding hydrogens is 283 g/mol. The molecule has 0 bridgehead atoms. The van der Waals surface area contributed by atoms with Gasteiger partial charge in [-0.1, -0.05) is 12.1 Å². The summed E-state index contributed by atoms with van der Waals surface area (Å²) in [5, 5.41) is 0. The van der Waals surface area contributed by atoms with Gasteiger partial charge in [0.25, 0.3) is 0 Å². The molecule has 17 heavy (non-hydrogen) atoms. The van der Waals surface area contributed by atoms with Gasteiger partial charge in [0.2, 0.25) is 0 Å². The highest BCUT2D eigenvalue weighted by Crippen LogP contribution is 2.24. The van der Waals surface area contributed by atoms with Crippen LogP contribution in [0.3, 0.4) is 0 Å². The fraction of sp³-hybridized carbons (Fsp3) is 0.154. The molecule has 1 aromatic heterocycles. The van der Waals surface area contributed by atoms with Gasteiger partial charge < -0.3 is 5.73 Å². The maximum atomic E-state index is 13.3. The molecule has 2 N–H and O–H groups in total. The lowest BCUT2D eigenvalue weighted by atomic mass is 10.0. The number of aromatic nitrogens is 1. The largest absolute Gasteiger partial charge is 0.324 e. The number of nitrogens with two attached hydrogens (primary N) is 1. The van der Waals surface area contributed by atoms with Gasteiger partial charge in [-0.15, -0.1) is 0 Å². The van der Waals surface area contributed by atoms with Gasteiger partial charge in [-0.25, -0.2) is 4.39 Å². The second kappa shape index (κ2) is 5.38. The third-order valence-electron chi connectivity index (χ3n) is 2.61. The van der Waals surface area contributed by atoms with Crippen molar-refractivity contribution in [1.82, 2.24) is 4.98 Å². The van der Waals surface area contributed by atoms with Crippen LogP contribution in [0.2, 0.25) is 0 Å². The number of benzene rings is 1. The SMILES string of the molecule is NC(Cc1cccc(F)c1Br)c1ccncc1. The number of pyridine rings is 1. The molecule has 0 aliphatic rings. The van der Waals surface area contributed by atoms with E-state index in [9.17, 15) is 4.39 Å². The van der Waals surface area contributed by atoms with Crippen molar-refractivity contribution in [2.45, 2.75) is 12.5 Å². The Kier molecular flexibility index (Phi) is 3.86. The molecule has 0 saturated carbocycles. The third kappa shape index (κ3) is 2.90. The lowest BCUT2D eigenvalue weighted by molar-refractivity contribution is 0.614. The van der Waals surface area contributed by atoms with Gasteiger partial charge in [0.1, 0.15) is 5.82 Å². The minimum atomic E-state index is -0.260. The van der Waals surface area contributed by atoms with Gasteiger partial charge in [-0.05, 0) is 51.7 Å². The Labute approximate surface area is 108 Å². The van der Waals surface area contributed by atoms with Gasteiger partial charge in [0.15, 0.2) is 0 Å². The predicted molar refractivity (Wildman–Crippen MR) is 69.0 cm³/mol. The van der Waals surface area contributed by atoms with E-state index in [2.05, 4.69) is 20.9 Å². The Morgan fingerprint density at radius 2 is 1.94 bits per heavy atom. The van der Waals surface area contributed by atoms with Crippen molar-refractivity contribution in [2.75, 3.05) is 0 Å². The standard InChI is InChI=1S/C13H12BrFN2/c14-13-10(2-1-3-11(13)15)8-12(16)9-4-6-17-7-5-9/h1-7,12H,8,16H2. The molecule has 1 heterocycles. The van der Waals surface area contributed by atoms with Crippen LogP contribution in [0, 0.1) is 5.82 Å². The quantitative estimate of drug-likeness (QED) is 0.944. The molecule has 0 aliphatic heterocycles. The first-order valence-corrected chi connectivity index (χ1v) is 6.06. The van der Waals surface area contributed by atoms with E-state index in [-0.39, 0.29) is 11.9 Å². The van der Waals surface area contributed by atoms with Crippen LogP contribution in [0.15, 0.2) is 47.2 Å². The Hall–Kier alpha value is -1.26.